The molecule has 0 saturated carbocycles. The average Bonchev–Trinajstić information content (AvgIpc) is 2.88. The van der Waals surface area contributed by atoms with Crippen molar-refractivity contribution >= 4 is 21.8 Å². The van der Waals surface area contributed by atoms with E-state index in [2.05, 4.69) is 16.7 Å². The van der Waals surface area contributed by atoms with Gasteiger partial charge >= 0.3 is 6.09 Å². The number of alkyl carbamates (subject to hydrolysis) is 1. The minimum Gasteiger partial charge on any atom is -0.444 e. The van der Waals surface area contributed by atoms with E-state index in [-0.39, 0.29) is 23.1 Å². The highest BCUT2D eigenvalue weighted by Gasteiger charge is 2.42. The average molecular weight is 542 g/mol. The van der Waals surface area contributed by atoms with Gasteiger partial charge in [0, 0.05) is 32.6 Å². The summed E-state index contributed by atoms with van der Waals surface area (Å²) in [7, 11) is -3.27. The van der Waals surface area contributed by atoms with Gasteiger partial charge in [-0.1, -0.05) is 43.3 Å². The van der Waals surface area contributed by atoms with Crippen LogP contribution in [-0.4, -0.2) is 57.1 Å². The summed E-state index contributed by atoms with van der Waals surface area (Å²) >= 11 is 0. The smallest absolute Gasteiger partial charge is 0.408 e. The van der Waals surface area contributed by atoms with Gasteiger partial charge < -0.3 is 20.1 Å². The zero-order valence-corrected chi connectivity index (χ0v) is 23.1. The van der Waals surface area contributed by atoms with Gasteiger partial charge in [-0.3, -0.25) is 4.79 Å². The molecule has 3 rings (SSSR count). The van der Waals surface area contributed by atoms with E-state index in [9.17, 15) is 23.3 Å². The molecule has 2 aromatic carbocycles. The molecule has 0 radical (unpaired) electrons. The summed E-state index contributed by atoms with van der Waals surface area (Å²) < 4.78 is 34.8. The number of nitrogens with one attached hydrogen (secondary N) is 2. The summed E-state index contributed by atoms with van der Waals surface area (Å²) in [6.07, 6.45) is -0.0905. The predicted octanol–water partition coefficient (Wildman–Crippen LogP) is 3.94. The lowest BCUT2D eigenvalue weighted by molar-refractivity contribution is -0.131. The molecule has 1 fully saturated rings. The molecule has 1 aliphatic heterocycles. The minimum absolute atomic E-state index is 0.0408. The SMILES string of the molecule is CCS(=O)(=O)c1ccc(-c2ccc(C(C#N)CNC(=O)C3(NC(=O)OC(C)(C)C)CCOCC3)cc2)cc1. The predicted molar refractivity (Wildman–Crippen MR) is 143 cm³/mol. The zero-order valence-electron chi connectivity index (χ0n) is 22.2. The van der Waals surface area contributed by atoms with Crippen molar-refractivity contribution in [1.29, 1.82) is 5.26 Å². The van der Waals surface area contributed by atoms with E-state index >= 15 is 0 Å². The Balaban J connectivity index is 1.68. The molecule has 2 amide bonds. The highest BCUT2D eigenvalue weighted by atomic mass is 32.2. The van der Waals surface area contributed by atoms with Crippen molar-refractivity contribution in [3.63, 3.8) is 0 Å². The fourth-order valence-corrected chi connectivity index (χ4v) is 5.04. The Bertz CT molecular complexity index is 1270. The molecule has 1 saturated heterocycles. The Morgan fingerprint density at radius 1 is 1.05 bits per heavy atom. The topological polar surface area (TPSA) is 135 Å². The van der Waals surface area contributed by atoms with Crippen LogP contribution >= 0.6 is 0 Å². The van der Waals surface area contributed by atoms with Crippen molar-refractivity contribution < 1.29 is 27.5 Å². The molecule has 1 heterocycles. The summed E-state index contributed by atoms with van der Waals surface area (Å²) in [5.41, 5.74) is 0.561. The monoisotopic (exact) mass is 541 g/mol. The van der Waals surface area contributed by atoms with Gasteiger partial charge in [0.2, 0.25) is 5.91 Å². The van der Waals surface area contributed by atoms with Crippen LogP contribution in [0.3, 0.4) is 0 Å². The molecular formula is C28H35N3O6S. The number of nitriles is 1. The normalized spacial score (nSPS) is 16.1. The van der Waals surface area contributed by atoms with Crippen molar-refractivity contribution in [1.82, 2.24) is 10.6 Å². The first-order valence-corrected chi connectivity index (χ1v) is 14.2. The number of hydrogen-bond acceptors (Lipinski definition) is 7. The van der Waals surface area contributed by atoms with E-state index in [1.807, 2.05) is 24.3 Å². The summed E-state index contributed by atoms with van der Waals surface area (Å²) in [6, 6.07) is 16.3. The highest BCUT2D eigenvalue weighted by molar-refractivity contribution is 7.91. The van der Waals surface area contributed by atoms with E-state index in [1.54, 1.807) is 52.0 Å². The minimum atomic E-state index is -3.27. The number of amides is 2. The summed E-state index contributed by atoms with van der Waals surface area (Å²) in [5.74, 6) is -0.951. The van der Waals surface area contributed by atoms with Crippen LogP contribution in [-0.2, 0) is 24.1 Å². The Labute approximate surface area is 224 Å². The second-order valence-electron chi connectivity index (χ2n) is 10.3. The van der Waals surface area contributed by atoms with E-state index in [1.165, 1.54) is 0 Å². The van der Waals surface area contributed by atoms with Crippen molar-refractivity contribution in [3.8, 4) is 17.2 Å². The first-order valence-electron chi connectivity index (χ1n) is 12.6. The molecule has 1 aliphatic rings. The van der Waals surface area contributed by atoms with Crippen molar-refractivity contribution in [2.24, 2.45) is 0 Å². The summed E-state index contributed by atoms with van der Waals surface area (Å²) in [6.45, 7) is 7.55. The molecule has 10 heteroatoms. The van der Waals surface area contributed by atoms with Crippen LogP contribution in [0, 0.1) is 11.3 Å². The highest BCUT2D eigenvalue weighted by Crippen LogP contribution is 2.26. The van der Waals surface area contributed by atoms with Crippen LogP contribution in [0.25, 0.3) is 11.1 Å². The standard InChI is InChI=1S/C28H35N3O6S/c1-5-38(34,35)24-12-10-21(11-13-24)20-6-8-22(9-7-20)23(18-29)19-30-25(32)28(14-16-36-17-15-28)31-26(33)37-27(2,3)4/h6-13,23H,5,14-17,19H2,1-4H3,(H,30,32)(H,31,33). The van der Waals surface area contributed by atoms with Gasteiger partial charge in [-0.05, 0) is 49.6 Å². The van der Waals surface area contributed by atoms with Gasteiger partial charge in [0.1, 0.15) is 11.1 Å². The van der Waals surface area contributed by atoms with Crippen LogP contribution in [0.2, 0.25) is 0 Å². The third-order valence-electron chi connectivity index (χ3n) is 6.38. The fourth-order valence-electron chi connectivity index (χ4n) is 4.16. The van der Waals surface area contributed by atoms with E-state index in [0.717, 1.165) is 16.7 Å². The molecule has 0 bridgehead atoms. The lowest BCUT2D eigenvalue weighted by Gasteiger charge is -2.37. The number of carbonyl (C=O) groups excluding carboxylic acids is 2. The zero-order chi connectivity index (χ0) is 28.0. The van der Waals surface area contributed by atoms with Gasteiger partial charge in [-0.2, -0.15) is 5.26 Å². The Morgan fingerprint density at radius 3 is 2.11 bits per heavy atom. The molecule has 9 nitrogen and oxygen atoms in total. The second kappa shape index (κ2) is 12.0. The molecule has 0 aliphatic carbocycles. The molecule has 0 spiro atoms. The molecule has 1 atom stereocenters. The largest absolute Gasteiger partial charge is 0.444 e. The fraction of sp³-hybridized carbons (Fsp3) is 0.464. The lowest BCUT2D eigenvalue weighted by atomic mass is 9.88. The van der Waals surface area contributed by atoms with Crippen molar-refractivity contribution in [3.05, 3.63) is 54.1 Å². The first-order chi connectivity index (χ1) is 17.9. The lowest BCUT2D eigenvalue weighted by Crippen LogP contribution is -2.62. The Hall–Kier alpha value is -3.42. The second-order valence-corrected chi connectivity index (χ2v) is 12.5. The quantitative estimate of drug-likeness (QED) is 0.517. The number of rotatable bonds is 8. The van der Waals surface area contributed by atoms with E-state index < -0.39 is 33.0 Å². The molecule has 1 unspecified atom stereocenters. The number of carbonyl (C=O) groups is 2. The van der Waals surface area contributed by atoms with Crippen LogP contribution < -0.4 is 10.6 Å². The van der Waals surface area contributed by atoms with Crippen molar-refractivity contribution in [2.45, 2.75) is 62.5 Å². The van der Waals surface area contributed by atoms with Crippen LogP contribution in [0.15, 0.2) is 53.4 Å². The van der Waals surface area contributed by atoms with Gasteiger partial charge in [0.25, 0.3) is 0 Å². The Kier molecular flexibility index (Phi) is 9.18. The molecule has 0 aromatic heterocycles. The molecule has 2 N–H and O–H groups in total. The maximum absolute atomic E-state index is 13.2. The van der Waals surface area contributed by atoms with Crippen molar-refractivity contribution in [2.75, 3.05) is 25.5 Å². The van der Waals surface area contributed by atoms with Gasteiger partial charge in [-0.15, -0.1) is 0 Å². The van der Waals surface area contributed by atoms with E-state index in [4.69, 9.17) is 9.47 Å². The van der Waals surface area contributed by atoms with Crippen LogP contribution in [0.5, 0.6) is 0 Å². The maximum Gasteiger partial charge on any atom is 0.408 e. The molecule has 2 aromatic rings. The molecule has 204 valence electrons. The van der Waals surface area contributed by atoms with E-state index in [0.29, 0.717) is 26.1 Å². The first kappa shape index (κ1) is 29.1. The van der Waals surface area contributed by atoms with Crippen LogP contribution in [0.1, 0.15) is 52.0 Å². The number of ether oxygens (including phenoxy) is 2. The number of hydrogen-bond donors (Lipinski definition) is 2. The third kappa shape index (κ3) is 7.33. The molecule has 38 heavy (non-hydrogen) atoms. The number of nitrogens with zero attached hydrogens (tertiary/aromatic N) is 1. The Morgan fingerprint density at radius 2 is 1.61 bits per heavy atom. The van der Waals surface area contributed by atoms with Crippen LogP contribution in [0.4, 0.5) is 4.79 Å². The van der Waals surface area contributed by atoms with Gasteiger partial charge in [0.05, 0.1) is 22.6 Å². The molecular weight excluding hydrogens is 506 g/mol. The summed E-state index contributed by atoms with van der Waals surface area (Å²) in [5, 5.41) is 15.4. The third-order valence-corrected chi connectivity index (χ3v) is 8.13. The maximum atomic E-state index is 13.2. The summed E-state index contributed by atoms with van der Waals surface area (Å²) in [4.78, 5) is 26.0. The number of sulfone groups is 1. The van der Waals surface area contributed by atoms with Gasteiger partial charge in [-0.25, -0.2) is 13.2 Å². The number of benzene rings is 2. The van der Waals surface area contributed by atoms with Gasteiger partial charge in [0.15, 0.2) is 9.84 Å².